The van der Waals surface area contributed by atoms with E-state index in [0.717, 1.165) is 10.6 Å². The van der Waals surface area contributed by atoms with Crippen LogP contribution in [0.5, 0.6) is 0 Å². The fourth-order valence-corrected chi connectivity index (χ4v) is 4.15. The zero-order valence-corrected chi connectivity index (χ0v) is 17.1. The molecule has 0 bridgehead atoms. The lowest BCUT2D eigenvalue weighted by molar-refractivity contribution is -0.117. The monoisotopic (exact) mass is 434 g/mol. The Labute approximate surface area is 167 Å². The Balaban J connectivity index is 2.40. The molecule has 0 spiro atoms. The summed E-state index contributed by atoms with van der Waals surface area (Å²) in [5.74, 6) is -0.517. The van der Waals surface area contributed by atoms with Gasteiger partial charge in [0.2, 0.25) is 15.9 Å². The normalized spacial score (nSPS) is 12.5. The van der Waals surface area contributed by atoms with Gasteiger partial charge in [-0.2, -0.15) is 0 Å². The number of hydrogen-bond acceptors (Lipinski definition) is 3. The predicted molar refractivity (Wildman–Crippen MR) is 108 cm³/mol. The van der Waals surface area contributed by atoms with Gasteiger partial charge >= 0.3 is 0 Å². The zero-order valence-electron chi connectivity index (χ0n) is 14.0. The Morgan fingerprint density at radius 3 is 2.27 bits per heavy atom. The Hall–Kier alpha value is -1.47. The van der Waals surface area contributed by atoms with Gasteiger partial charge in [0.15, 0.2) is 0 Å². The van der Waals surface area contributed by atoms with E-state index in [2.05, 4.69) is 5.32 Å². The van der Waals surface area contributed by atoms with Crippen LogP contribution in [0.2, 0.25) is 15.1 Å². The van der Waals surface area contributed by atoms with Crippen LogP contribution < -0.4 is 9.62 Å². The van der Waals surface area contributed by atoms with Crippen LogP contribution in [0, 0.1) is 0 Å². The maximum atomic E-state index is 12.8. The molecule has 5 nitrogen and oxygen atoms in total. The van der Waals surface area contributed by atoms with Crippen LogP contribution in [0.15, 0.2) is 42.5 Å². The van der Waals surface area contributed by atoms with Gasteiger partial charge in [-0.05, 0) is 42.8 Å². The molecule has 0 aromatic heterocycles. The largest absolute Gasteiger partial charge is 0.323 e. The number of benzene rings is 2. The molecule has 0 aliphatic heterocycles. The van der Waals surface area contributed by atoms with Gasteiger partial charge < -0.3 is 5.32 Å². The van der Waals surface area contributed by atoms with Crippen LogP contribution in [0.4, 0.5) is 11.4 Å². The molecule has 1 unspecified atom stereocenters. The summed E-state index contributed by atoms with van der Waals surface area (Å²) in [5.41, 5.74) is 0.656. The van der Waals surface area contributed by atoms with E-state index in [-0.39, 0.29) is 16.5 Å². The highest BCUT2D eigenvalue weighted by molar-refractivity contribution is 7.92. The summed E-state index contributed by atoms with van der Waals surface area (Å²) in [6.45, 7) is 1.72. The number of nitrogens with zero attached hydrogens (tertiary/aromatic N) is 1. The lowest BCUT2D eigenvalue weighted by Gasteiger charge is -2.30. The molecule has 26 heavy (non-hydrogen) atoms. The minimum absolute atomic E-state index is 0.190. The SMILES string of the molecule is CCC(C(=O)Nc1cccc(Cl)c1Cl)N(c1ccc(Cl)cc1)S(C)(=O)=O. The van der Waals surface area contributed by atoms with E-state index in [1.807, 2.05) is 0 Å². The molecule has 2 rings (SSSR count). The number of hydrogen-bond donors (Lipinski definition) is 1. The first kappa shape index (κ1) is 20.8. The molecule has 0 fully saturated rings. The number of nitrogens with one attached hydrogen (secondary N) is 1. The van der Waals surface area contributed by atoms with Crippen molar-refractivity contribution in [1.29, 1.82) is 0 Å². The van der Waals surface area contributed by atoms with Crippen molar-refractivity contribution in [2.45, 2.75) is 19.4 Å². The average molecular weight is 436 g/mol. The van der Waals surface area contributed by atoms with Crippen molar-refractivity contribution in [1.82, 2.24) is 0 Å². The number of rotatable bonds is 6. The fourth-order valence-electron chi connectivity index (χ4n) is 2.46. The van der Waals surface area contributed by atoms with E-state index < -0.39 is 22.0 Å². The van der Waals surface area contributed by atoms with Crippen LogP contribution in [-0.2, 0) is 14.8 Å². The quantitative estimate of drug-likeness (QED) is 0.706. The average Bonchev–Trinajstić information content (AvgIpc) is 2.56. The Morgan fingerprint density at radius 2 is 1.73 bits per heavy atom. The van der Waals surface area contributed by atoms with E-state index >= 15 is 0 Å². The molecule has 0 saturated carbocycles. The molecule has 0 radical (unpaired) electrons. The lowest BCUT2D eigenvalue weighted by Crippen LogP contribution is -2.47. The molecule has 0 heterocycles. The third-order valence-electron chi connectivity index (χ3n) is 3.62. The molecule has 140 valence electrons. The number of anilines is 2. The van der Waals surface area contributed by atoms with Crippen molar-refractivity contribution >= 4 is 62.1 Å². The Kier molecular flexibility index (Phi) is 6.80. The van der Waals surface area contributed by atoms with E-state index in [0.29, 0.717) is 16.4 Å². The van der Waals surface area contributed by atoms with Crippen LogP contribution in [0.1, 0.15) is 13.3 Å². The summed E-state index contributed by atoms with van der Waals surface area (Å²) >= 11 is 17.9. The first-order valence-electron chi connectivity index (χ1n) is 7.65. The predicted octanol–water partition coefficient (Wildman–Crippen LogP) is 4.83. The van der Waals surface area contributed by atoms with Gasteiger partial charge in [0.05, 0.1) is 27.7 Å². The van der Waals surface area contributed by atoms with Gasteiger partial charge in [-0.3, -0.25) is 9.10 Å². The second kappa shape index (κ2) is 8.48. The van der Waals surface area contributed by atoms with Crippen LogP contribution in [0.25, 0.3) is 0 Å². The molecule has 9 heteroatoms. The topological polar surface area (TPSA) is 66.5 Å². The molecule has 0 saturated heterocycles. The molecule has 0 aliphatic rings. The van der Waals surface area contributed by atoms with Crippen molar-refractivity contribution in [3.8, 4) is 0 Å². The summed E-state index contributed by atoms with van der Waals surface area (Å²) in [5, 5.41) is 3.59. The van der Waals surface area contributed by atoms with E-state index in [1.165, 1.54) is 0 Å². The number of carbonyl (C=O) groups is 1. The van der Waals surface area contributed by atoms with Crippen molar-refractivity contribution in [3.05, 3.63) is 57.5 Å². The fraction of sp³-hybridized carbons (Fsp3) is 0.235. The summed E-state index contributed by atoms with van der Waals surface area (Å²) in [6, 6.07) is 10.1. The maximum Gasteiger partial charge on any atom is 0.248 e. The number of halogens is 3. The maximum absolute atomic E-state index is 12.8. The van der Waals surface area contributed by atoms with Crippen LogP contribution >= 0.6 is 34.8 Å². The van der Waals surface area contributed by atoms with Crippen LogP contribution in [-0.4, -0.2) is 26.6 Å². The minimum Gasteiger partial charge on any atom is -0.323 e. The second-order valence-electron chi connectivity index (χ2n) is 5.55. The zero-order chi connectivity index (χ0) is 19.5. The highest BCUT2D eigenvalue weighted by Gasteiger charge is 2.31. The third-order valence-corrected chi connectivity index (χ3v) is 5.87. The molecule has 1 amide bonds. The van der Waals surface area contributed by atoms with Gasteiger partial charge in [-0.25, -0.2) is 8.42 Å². The molecular weight excluding hydrogens is 419 g/mol. The highest BCUT2D eigenvalue weighted by Crippen LogP contribution is 2.30. The van der Waals surface area contributed by atoms with E-state index in [9.17, 15) is 13.2 Å². The summed E-state index contributed by atoms with van der Waals surface area (Å²) in [4.78, 5) is 12.8. The van der Waals surface area contributed by atoms with Crippen molar-refractivity contribution in [2.24, 2.45) is 0 Å². The minimum atomic E-state index is -3.73. The van der Waals surface area contributed by atoms with Gasteiger partial charge in [-0.15, -0.1) is 0 Å². The molecule has 1 atom stereocenters. The summed E-state index contributed by atoms with van der Waals surface area (Å²) < 4.78 is 25.8. The molecule has 0 aliphatic carbocycles. The van der Waals surface area contributed by atoms with Gasteiger partial charge in [0, 0.05) is 5.02 Å². The second-order valence-corrected chi connectivity index (χ2v) is 8.63. The Morgan fingerprint density at radius 1 is 1.12 bits per heavy atom. The number of carbonyl (C=O) groups excluding carboxylic acids is 1. The molecule has 1 N–H and O–H groups in total. The molecule has 2 aromatic rings. The smallest absolute Gasteiger partial charge is 0.248 e. The lowest BCUT2D eigenvalue weighted by atomic mass is 10.2. The summed E-state index contributed by atoms with van der Waals surface area (Å²) in [6.07, 6.45) is 1.30. The number of sulfonamides is 1. The third kappa shape index (κ3) is 4.82. The van der Waals surface area contributed by atoms with Crippen molar-refractivity contribution in [3.63, 3.8) is 0 Å². The standard InChI is InChI=1S/C17H17Cl3N2O3S/c1-3-15(17(23)21-14-6-4-5-13(19)16(14)20)22(26(2,24)25)12-9-7-11(18)8-10-12/h4-10,15H,3H2,1-2H3,(H,21,23). The molecule has 2 aromatic carbocycles. The van der Waals surface area contributed by atoms with E-state index in [1.54, 1.807) is 49.4 Å². The summed E-state index contributed by atoms with van der Waals surface area (Å²) in [7, 11) is -3.73. The highest BCUT2D eigenvalue weighted by atomic mass is 35.5. The Bertz CT molecular complexity index is 902. The molecular formula is C17H17Cl3N2O3S. The van der Waals surface area contributed by atoms with Crippen LogP contribution in [0.3, 0.4) is 0 Å². The van der Waals surface area contributed by atoms with Gasteiger partial charge in [0.25, 0.3) is 0 Å². The van der Waals surface area contributed by atoms with Gasteiger partial charge in [-0.1, -0.05) is 47.8 Å². The first-order chi connectivity index (χ1) is 12.1. The number of amides is 1. The van der Waals surface area contributed by atoms with Crippen molar-refractivity contribution in [2.75, 3.05) is 15.9 Å². The first-order valence-corrected chi connectivity index (χ1v) is 10.6. The van der Waals surface area contributed by atoms with Gasteiger partial charge in [0.1, 0.15) is 6.04 Å². The van der Waals surface area contributed by atoms with Crippen molar-refractivity contribution < 1.29 is 13.2 Å². The van der Waals surface area contributed by atoms with E-state index in [4.69, 9.17) is 34.8 Å².